The highest BCUT2D eigenvalue weighted by Gasteiger charge is 2.35. The highest BCUT2D eigenvalue weighted by Crippen LogP contribution is 2.20. The molecule has 2 N–H and O–H groups in total. The summed E-state index contributed by atoms with van der Waals surface area (Å²) in [6, 6.07) is 7.82. The number of nitrogens with zero attached hydrogens (tertiary/aromatic N) is 1. The average molecular weight is 564 g/mol. The van der Waals surface area contributed by atoms with E-state index in [0.29, 0.717) is 32.2 Å². The fourth-order valence-corrected chi connectivity index (χ4v) is 4.63. The second-order valence-electron chi connectivity index (χ2n) is 10.5. The molecule has 0 spiro atoms. The molecule has 0 aliphatic carbocycles. The molecule has 1 aromatic carbocycles. The summed E-state index contributed by atoms with van der Waals surface area (Å²) in [5, 5.41) is 5.75. The van der Waals surface area contributed by atoms with Crippen LogP contribution in [0.4, 0.5) is 0 Å². The maximum atomic E-state index is 13.8. The van der Waals surface area contributed by atoms with Crippen LogP contribution in [0.3, 0.4) is 0 Å². The van der Waals surface area contributed by atoms with Gasteiger partial charge in [-0.2, -0.15) is 0 Å². The topological polar surface area (TPSA) is 105 Å². The van der Waals surface area contributed by atoms with Crippen LogP contribution in [0, 0.1) is 11.8 Å². The SMILES string of the molecule is C=C/C=C/CCOC(=O)[C@@H]1CCCN(C(=O)[C@H](Cc2ccccc2)NC(=O)[C@@H](NC(=O)CC/C=C/C=C)C(C)C)C1. The van der Waals surface area contributed by atoms with Gasteiger partial charge in [0.15, 0.2) is 0 Å². The number of amides is 3. The lowest BCUT2D eigenvalue weighted by Gasteiger charge is -2.35. The molecule has 8 nitrogen and oxygen atoms in total. The van der Waals surface area contributed by atoms with Crippen molar-refractivity contribution < 1.29 is 23.9 Å². The minimum Gasteiger partial charge on any atom is -0.465 e. The number of ether oxygens (including phenoxy) is 1. The second kappa shape index (κ2) is 18.4. The summed E-state index contributed by atoms with van der Waals surface area (Å²) in [6.07, 6.45) is 13.6. The highest BCUT2D eigenvalue weighted by molar-refractivity contribution is 5.92. The Bertz CT molecular complexity index is 1080. The number of allylic oxidation sites excluding steroid dienone is 5. The molecule has 3 amide bonds. The maximum Gasteiger partial charge on any atom is 0.310 e. The molecule has 0 radical (unpaired) electrons. The quantitative estimate of drug-likeness (QED) is 0.177. The largest absolute Gasteiger partial charge is 0.465 e. The third-order valence-electron chi connectivity index (χ3n) is 6.84. The van der Waals surface area contributed by atoms with Gasteiger partial charge in [0.05, 0.1) is 12.5 Å². The van der Waals surface area contributed by atoms with Crippen LogP contribution in [0.25, 0.3) is 0 Å². The Labute approximate surface area is 244 Å². The van der Waals surface area contributed by atoms with E-state index >= 15 is 0 Å². The van der Waals surface area contributed by atoms with Crippen LogP contribution in [0.1, 0.15) is 51.5 Å². The number of likely N-dealkylation sites (tertiary alicyclic amines) is 1. The van der Waals surface area contributed by atoms with Gasteiger partial charge in [-0.3, -0.25) is 19.2 Å². The smallest absolute Gasteiger partial charge is 0.310 e. The molecule has 8 heteroatoms. The number of hydrogen-bond acceptors (Lipinski definition) is 5. The first kappa shape index (κ1) is 33.3. The standard InChI is InChI=1S/C33H45N3O5/c1-5-7-9-14-20-29(37)35-30(25(3)4)31(38)34-28(23-26-17-12-11-13-18-26)32(39)36-21-16-19-27(24-36)33(40)41-22-15-10-8-6-2/h5-13,17-18,25,27-28,30H,1-2,14-16,19-24H2,3-4H3,(H,34,38)(H,35,37)/b9-7+,10-8+/t27-,28+,30+/m1/s1. The van der Waals surface area contributed by atoms with Crippen molar-refractivity contribution in [2.75, 3.05) is 19.7 Å². The lowest BCUT2D eigenvalue weighted by atomic mass is 9.96. The molecule has 1 fully saturated rings. The van der Waals surface area contributed by atoms with E-state index in [1.165, 1.54) is 0 Å². The summed E-state index contributed by atoms with van der Waals surface area (Å²) in [4.78, 5) is 54.1. The van der Waals surface area contributed by atoms with Gasteiger partial charge in [0.2, 0.25) is 17.7 Å². The Kier molecular flexibility index (Phi) is 14.9. The molecule has 1 aromatic rings. The minimum atomic E-state index is -0.850. The molecule has 2 rings (SSSR count). The van der Waals surface area contributed by atoms with Crippen molar-refractivity contribution in [2.45, 2.75) is 64.5 Å². The zero-order valence-corrected chi connectivity index (χ0v) is 24.4. The van der Waals surface area contributed by atoms with Gasteiger partial charge in [-0.1, -0.05) is 93.8 Å². The van der Waals surface area contributed by atoms with E-state index < -0.39 is 23.9 Å². The van der Waals surface area contributed by atoms with Crippen molar-refractivity contribution >= 4 is 23.7 Å². The highest BCUT2D eigenvalue weighted by atomic mass is 16.5. The van der Waals surface area contributed by atoms with Crippen LogP contribution in [0.2, 0.25) is 0 Å². The number of piperidine rings is 1. The van der Waals surface area contributed by atoms with Gasteiger partial charge in [-0.15, -0.1) is 0 Å². The van der Waals surface area contributed by atoms with Crippen LogP contribution in [-0.2, 0) is 30.3 Å². The summed E-state index contributed by atoms with van der Waals surface area (Å²) in [7, 11) is 0. The zero-order valence-electron chi connectivity index (χ0n) is 24.4. The van der Waals surface area contributed by atoms with Crippen LogP contribution in [0.5, 0.6) is 0 Å². The Morgan fingerprint density at radius 2 is 1.71 bits per heavy atom. The fourth-order valence-electron chi connectivity index (χ4n) is 4.63. The molecule has 41 heavy (non-hydrogen) atoms. The molecule has 1 saturated heterocycles. The Morgan fingerprint density at radius 1 is 1.02 bits per heavy atom. The first-order valence-corrected chi connectivity index (χ1v) is 14.4. The Hall–Kier alpha value is -3.94. The van der Waals surface area contributed by atoms with Gasteiger partial charge in [-0.05, 0) is 37.2 Å². The summed E-state index contributed by atoms with van der Waals surface area (Å²) in [5.74, 6) is -1.83. The first-order valence-electron chi connectivity index (χ1n) is 14.4. The molecule has 1 aliphatic rings. The van der Waals surface area contributed by atoms with Crippen molar-refractivity contribution in [3.63, 3.8) is 0 Å². The number of rotatable bonds is 16. The predicted octanol–water partition coefficient (Wildman–Crippen LogP) is 4.29. The molecule has 0 unspecified atom stereocenters. The number of nitrogens with one attached hydrogen (secondary N) is 2. The number of hydrogen-bond donors (Lipinski definition) is 2. The zero-order chi connectivity index (χ0) is 30.0. The summed E-state index contributed by atoms with van der Waals surface area (Å²) < 4.78 is 5.43. The normalized spacial score (nSPS) is 16.8. The Morgan fingerprint density at radius 3 is 2.37 bits per heavy atom. The van der Waals surface area contributed by atoms with E-state index in [-0.39, 0.29) is 49.7 Å². The van der Waals surface area contributed by atoms with E-state index in [4.69, 9.17) is 4.74 Å². The average Bonchev–Trinajstić information content (AvgIpc) is 2.97. The third kappa shape index (κ3) is 12.0. The maximum absolute atomic E-state index is 13.8. The first-order chi connectivity index (χ1) is 19.8. The lowest BCUT2D eigenvalue weighted by molar-refractivity contribution is -0.152. The molecule has 3 atom stereocenters. The number of carbonyl (C=O) groups excluding carboxylic acids is 4. The molecule has 0 bridgehead atoms. The van der Waals surface area contributed by atoms with E-state index in [1.807, 2.05) is 56.3 Å². The van der Waals surface area contributed by atoms with Gasteiger partial charge in [0.25, 0.3) is 0 Å². The van der Waals surface area contributed by atoms with E-state index in [1.54, 1.807) is 29.2 Å². The second-order valence-corrected chi connectivity index (χ2v) is 10.5. The number of benzene rings is 1. The van der Waals surface area contributed by atoms with Gasteiger partial charge in [0, 0.05) is 25.9 Å². The van der Waals surface area contributed by atoms with Crippen LogP contribution >= 0.6 is 0 Å². The molecule has 1 heterocycles. The van der Waals surface area contributed by atoms with Gasteiger partial charge in [0.1, 0.15) is 12.1 Å². The molecule has 222 valence electrons. The molecular weight excluding hydrogens is 518 g/mol. The van der Waals surface area contributed by atoms with Crippen molar-refractivity contribution in [2.24, 2.45) is 11.8 Å². The van der Waals surface area contributed by atoms with E-state index in [2.05, 4.69) is 23.8 Å². The van der Waals surface area contributed by atoms with Gasteiger partial charge >= 0.3 is 5.97 Å². The van der Waals surface area contributed by atoms with Gasteiger partial charge < -0.3 is 20.3 Å². The molecule has 0 aromatic heterocycles. The molecule has 1 aliphatic heterocycles. The van der Waals surface area contributed by atoms with Crippen LogP contribution in [-0.4, -0.2) is 60.4 Å². The summed E-state index contributed by atoms with van der Waals surface area (Å²) >= 11 is 0. The third-order valence-corrected chi connectivity index (χ3v) is 6.84. The molecule has 0 saturated carbocycles. The minimum absolute atomic E-state index is 0.189. The van der Waals surface area contributed by atoms with Crippen molar-refractivity contribution in [1.82, 2.24) is 15.5 Å². The Balaban J connectivity index is 2.12. The number of esters is 1. The van der Waals surface area contributed by atoms with Crippen molar-refractivity contribution in [3.05, 3.63) is 85.5 Å². The van der Waals surface area contributed by atoms with E-state index in [0.717, 1.165) is 5.56 Å². The monoisotopic (exact) mass is 563 g/mol. The van der Waals surface area contributed by atoms with Crippen LogP contribution in [0.15, 0.2) is 79.9 Å². The summed E-state index contributed by atoms with van der Waals surface area (Å²) in [6.45, 7) is 11.9. The lowest BCUT2D eigenvalue weighted by Crippen LogP contribution is -2.57. The van der Waals surface area contributed by atoms with Gasteiger partial charge in [-0.25, -0.2) is 0 Å². The van der Waals surface area contributed by atoms with Crippen molar-refractivity contribution in [1.29, 1.82) is 0 Å². The predicted molar refractivity (Wildman–Crippen MR) is 162 cm³/mol. The fraction of sp³-hybridized carbons (Fsp3) is 0.455. The van der Waals surface area contributed by atoms with E-state index in [9.17, 15) is 19.2 Å². The molecular formula is C33H45N3O5. The summed E-state index contributed by atoms with van der Waals surface area (Å²) in [5.41, 5.74) is 0.894. The number of carbonyl (C=O) groups is 4. The van der Waals surface area contributed by atoms with Crippen molar-refractivity contribution in [3.8, 4) is 0 Å². The van der Waals surface area contributed by atoms with Crippen LogP contribution < -0.4 is 10.6 Å².